The van der Waals surface area contributed by atoms with Crippen molar-refractivity contribution in [3.8, 4) is 5.75 Å². The molecule has 3 heteroatoms. The highest BCUT2D eigenvalue weighted by Crippen LogP contribution is 2.18. The van der Waals surface area contributed by atoms with Crippen LogP contribution in [0.1, 0.15) is 32.3 Å². The van der Waals surface area contributed by atoms with E-state index in [4.69, 9.17) is 4.74 Å². The Kier molecular flexibility index (Phi) is 5.98. The molecule has 0 aliphatic carbocycles. The van der Waals surface area contributed by atoms with Crippen LogP contribution < -0.4 is 10.1 Å². The molecule has 1 aromatic rings. The molecule has 0 saturated heterocycles. The van der Waals surface area contributed by atoms with Crippen molar-refractivity contribution in [2.45, 2.75) is 39.2 Å². The van der Waals surface area contributed by atoms with E-state index in [0.29, 0.717) is 11.8 Å². The summed E-state index contributed by atoms with van der Waals surface area (Å²) in [6.07, 6.45) is 3.10. The predicted molar refractivity (Wildman–Crippen MR) is 69.0 cm³/mol. The minimum atomic E-state index is -0.273. The molecule has 1 rings (SSSR count). The number of ether oxygens (including phenoxy) is 1. The maximum atomic E-state index is 13.4. The van der Waals surface area contributed by atoms with Crippen molar-refractivity contribution in [1.29, 1.82) is 0 Å². The SMILES string of the molecule is CCNC(C)CCCc1ccc(OC)c(F)c1. The maximum Gasteiger partial charge on any atom is 0.165 e. The first-order valence-electron chi connectivity index (χ1n) is 6.23. The van der Waals surface area contributed by atoms with Crippen LogP contribution in [0.3, 0.4) is 0 Å². The number of benzene rings is 1. The molecular formula is C14H22FNO. The lowest BCUT2D eigenvalue weighted by molar-refractivity contribution is 0.386. The van der Waals surface area contributed by atoms with E-state index >= 15 is 0 Å². The van der Waals surface area contributed by atoms with Gasteiger partial charge in [0.05, 0.1) is 7.11 Å². The first-order valence-corrected chi connectivity index (χ1v) is 6.23. The predicted octanol–water partition coefficient (Wildman–Crippen LogP) is 3.16. The van der Waals surface area contributed by atoms with Gasteiger partial charge in [0.15, 0.2) is 11.6 Å². The summed E-state index contributed by atoms with van der Waals surface area (Å²) in [7, 11) is 1.48. The average molecular weight is 239 g/mol. The molecule has 0 aliphatic heterocycles. The van der Waals surface area contributed by atoms with Crippen molar-refractivity contribution in [2.24, 2.45) is 0 Å². The van der Waals surface area contributed by atoms with Crippen molar-refractivity contribution in [3.05, 3.63) is 29.6 Å². The zero-order valence-electron chi connectivity index (χ0n) is 10.9. The third-order valence-corrected chi connectivity index (χ3v) is 2.87. The quantitative estimate of drug-likeness (QED) is 0.789. The van der Waals surface area contributed by atoms with Crippen molar-refractivity contribution >= 4 is 0 Å². The summed E-state index contributed by atoms with van der Waals surface area (Å²) in [5, 5.41) is 3.37. The highest BCUT2D eigenvalue weighted by molar-refractivity contribution is 5.29. The normalized spacial score (nSPS) is 12.5. The van der Waals surface area contributed by atoms with Crippen molar-refractivity contribution in [2.75, 3.05) is 13.7 Å². The Morgan fingerprint density at radius 3 is 2.76 bits per heavy atom. The fraction of sp³-hybridized carbons (Fsp3) is 0.571. The standard InChI is InChI=1S/C14H22FNO/c1-4-16-11(2)6-5-7-12-8-9-14(17-3)13(15)10-12/h8-11,16H,4-7H2,1-3H3. The molecule has 96 valence electrons. The van der Waals surface area contributed by atoms with Gasteiger partial charge in [-0.05, 0) is 50.4 Å². The van der Waals surface area contributed by atoms with E-state index in [9.17, 15) is 4.39 Å². The van der Waals surface area contributed by atoms with Gasteiger partial charge in [-0.25, -0.2) is 4.39 Å². The Balaban J connectivity index is 2.39. The molecule has 1 atom stereocenters. The highest BCUT2D eigenvalue weighted by atomic mass is 19.1. The number of hydrogen-bond donors (Lipinski definition) is 1. The van der Waals surface area contributed by atoms with Crippen LogP contribution >= 0.6 is 0 Å². The number of methoxy groups -OCH3 is 1. The van der Waals surface area contributed by atoms with E-state index in [2.05, 4.69) is 19.2 Å². The summed E-state index contributed by atoms with van der Waals surface area (Å²) < 4.78 is 18.3. The third-order valence-electron chi connectivity index (χ3n) is 2.87. The van der Waals surface area contributed by atoms with Gasteiger partial charge in [0.25, 0.3) is 0 Å². The van der Waals surface area contributed by atoms with Crippen molar-refractivity contribution in [1.82, 2.24) is 5.32 Å². The molecule has 2 nitrogen and oxygen atoms in total. The van der Waals surface area contributed by atoms with Crippen LogP contribution in [0.5, 0.6) is 5.75 Å². The average Bonchev–Trinajstić information content (AvgIpc) is 2.29. The summed E-state index contributed by atoms with van der Waals surface area (Å²) >= 11 is 0. The van der Waals surface area contributed by atoms with Gasteiger partial charge in [0, 0.05) is 6.04 Å². The number of nitrogens with one attached hydrogen (secondary N) is 1. The molecule has 0 saturated carbocycles. The lowest BCUT2D eigenvalue weighted by Gasteiger charge is -2.11. The number of halogens is 1. The fourth-order valence-electron chi connectivity index (χ4n) is 1.93. The molecule has 1 unspecified atom stereocenters. The van der Waals surface area contributed by atoms with E-state index < -0.39 is 0 Å². The molecule has 0 fully saturated rings. The Labute approximate surface area is 103 Å². The summed E-state index contributed by atoms with van der Waals surface area (Å²) in [6, 6.07) is 5.72. The van der Waals surface area contributed by atoms with E-state index in [-0.39, 0.29) is 5.82 Å². The molecule has 1 aromatic carbocycles. The van der Waals surface area contributed by atoms with Gasteiger partial charge in [-0.15, -0.1) is 0 Å². The minimum Gasteiger partial charge on any atom is -0.494 e. The molecule has 0 bridgehead atoms. The van der Waals surface area contributed by atoms with Crippen LogP contribution in [-0.4, -0.2) is 19.7 Å². The lowest BCUT2D eigenvalue weighted by atomic mass is 10.1. The zero-order valence-corrected chi connectivity index (χ0v) is 10.9. The first kappa shape index (κ1) is 14.0. The number of aryl methyl sites for hydroxylation is 1. The molecule has 0 heterocycles. The molecule has 0 amide bonds. The molecule has 17 heavy (non-hydrogen) atoms. The number of rotatable bonds is 7. The summed E-state index contributed by atoms with van der Waals surface area (Å²) in [4.78, 5) is 0. The second kappa shape index (κ2) is 7.28. The molecular weight excluding hydrogens is 217 g/mol. The van der Waals surface area contributed by atoms with Crippen LogP contribution in [0.4, 0.5) is 4.39 Å². The van der Waals surface area contributed by atoms with Crippen molar-refractivity contribution in [3.63, 3.8) is 0 Å². The molecule has 0 aromatic heterocycles. The Bertz CT molecular complexity index is 341. The van der Waals surface area contributed by atoms with Crippen LogP contribution in [0.15, 0.2) is 18.2 Å². The first-order chi connectivity index (χ1) is 8.17. The Hall–Kier alpha value is -1.09. The largest absolute Gasteiger partial charge is 0.494 e. The highest BCUT2D eigenvalue weighted by Gasteiger charge is 2.04. The van der Waals surface area contributed by atoms with Gasteiger partial charge >= 0.3 is 0 Å². The van der Waals surface area contributed by atoms with E-state index in [1.54, 1.807) is 12.1 Å². The second-order valence-corrected chi connectivity index (χ2v) is 4.32. The second-order valence-electron chi connectivity index (χ2n) is 4.32. The minimum absolute atomic E-state index is 0.273. The summed E-state index contributed by atoms with van der Waals surface area (Å²) in [6.45, 7) is 5.28. The number of hydrogen-bond acceptors (Lipinski definition) is 2. The lowest BCUT2D eigenvalue weighted by Crippen LogP contribution is -2.25. The summed E-state index contributed by atoms with van der Waals surface area (Å²) in [5.41, 5.74) is 1.03. The molecule has 1 N–H and O–H groups in total. The van der Waals surface area contributed by atoms with Gasteiger partial charge in [0.2, 0.25) is 0 Å². The maximum absolute atomic E-state index is 13.4. The Morgan fingerprint density at radius 2 is 2.18 bits per heavy atom. The smallest absolute Gasteiger partial charge is 0.165 e. The van der Waals surface area contributed by atoms with Gasteiger partial charge in [-0.3, -0.25) is 0 Å². The van der Waals surface area contributed by atoms with E-state index in [0.717, 1.165) is 31.4 Å². The van der Waals surface area contributed by atoms with Crippen LogP contribution in [0, 0.1) is 5.82 Å². The topological polar surface area (TPSA) is 21.3 Å². The van der Waals surface area contributed by atoms with Crippen LogP contribution in [0.25, 0.3) is 0 Å². The monoisotopic (exact) mass is 239 g/mol. The van der Waals surface area contributed by atoms with Gasteiger partial charge in [-0.2, -0.15) is 0 Å². The van der Waals surface area contributed by atoms with Crippen molar-refractivity contribution < 1.29 is 9.13 Å². The van der Waals surface area contributed by atoms with Crippen LogP contribution in [-0.2, 0) is 6.42 Å². The van der Waals surface area contributed by atoms with E-state index in [1.807, 2.05) is 6.07 Å². The Morgan fingerprint density at radius 1 is 1.41 bits per heavy atom. The molecule has 0 spiro atoms. The van der Waals surface area contributed by atoms with Gasteiger partial charge in [-0.1, -0.05) is 13.0 Å². The third kappa shape index (κ3) is 4.73. The fourth-order valence-corrected chi connectivity index (χ4v) is 1.93. The molecule has 0 aliphatic rings. The van der Waals surface area contributed by atoms with Crippen LogP contribution in [0.2, 0.25) is 0 Å². The van der Waals surface area contributed by atoms with E-state index in [1.165, 1.54) is 7.11 Å². The molecule has 0 radical (unpaired) electrons. The van der Waals surface area contributed by atoms with Gasteiger partial charge < -0.3 is 10.1 Å². The van der Waals surface area contributed by atoms with Gasteiger partial charge in [0.1, 0.15) is 0 Å². The summed E-state index contributed by atoms with van der Waals surface area (Å²) in [5.74, 6) is 0.0412. The zero-order chi connectivity index (χ0) is 12.7.